The minimum atomic E-state index is -0.315. The fourth-order valence-corrected chi connectivity index (χ4v) is 2.75. The molecule has 0 aromatic heterocycles. The van der Waals surface area contributed by atoms with Crippen molar-refractivity contribution in [1.29, 1.82) is 0 Å². The minimum Gasteiger partial charge on any atom is -0.494 e. The number of anilines is 1. The number of aryl methyl sites for hydroxylation is 3. The van der Waals surface area contributed by atoms with Gasteiger partial charge in [-0.1, -0.05) is 17.7 Å². The van der Waals surface area contributed by atoms with Crippen LogP contribution in [-0.4, -0.2) is 26.2 Å². The van der Waals surface area contributed by atoms with E-state index in [1.54, 1.807) is 0 Å². The molecule has 0 spiro atoms. The van der Waals surface area contributed by atoms with Gasteiger partial charge in [0, 0.05) is 12.2 Å². The van der Waals surface area contributed by atoms with Gasteiger partial charge in [-0.15, -0.1) is 0 Å². The molecule has 0 saturated carbocycles. The Balaban J connectivity index is 1.77. The maximum atomic E-state index is 11.9. The fraction of sp³-hybridized carbons (Fsp3) is 0.381. The lowest BCUT2D eigenvalue weighted by molar-refractivity contribution is 0.0601. The molecule has 2 aromatic carbocycles. The Hall–Kier alpha value is -2.49. The van der Waals surface area contributed by atoms with Crippen LogP contribution in [0.2, 0.25) is 0 Å². The highest BCUT2D eigenvalue weighted by Gasteiger charge is 2.11. The molecule has 4 heteroatoms. The monoisotopic (exact) mass is 341 g/mol. The van der Waals surface area contributed by atoms with Crippen molar-refractivity contribution in [3.63, 3.8) is 0 Å². The predicted octanol–water partition coefficient (Wildman–Crippen LogP) is 4.67. The number of hydrogen-bond donors (Lipinski definition) is 1. The number of rotatable bonds is 8. The van der Waals surface area contributed by atoms with E-state index in [4.69, 9.17) is 9.47 Å². The summed E-state index contributed by atoms with van der Waals surface area (Å²) in [7, 11) is 1.40. The van der Waals surface area contributed by atoms with Crippen LogP contribution in [0.5, 0.6) is 5.75 Å². The largest absolute Gasteiger partial charge is 0.494 e. The molecular formula is C21H27NO3. The Labute approximate surface area is 150 Å². The molecule has 0 heterocycles. The van der Waals surface area contributed by atoms with Crippen molar-refractivity contribution in [2.75, 3.05) is 25.6 Å². The number of hydrogen-bond acceptors (Lipinski definition) is 4. The summed E-state index contributed by atoms with van der Waals surface area (Å²) in [4.78, 5) is 11.9. The molecule has 0 aliphatic heterocycles. The average Bonchev–Trinajstić information content (AvgIpc) is 2.57. The number of carbonyl (C=O) groups excluding carboxylic acids is 1. The molecule has 0 aliphatic rings. The van der Waals surface area contributed by atoms with E-state index in [-0.39, 0.29) is 5.97 Å². The van der Waals surface area contributed by atoms with E-state index in [2.05, 4.69) is 37.4 Å². The summed E-state index contributed by atoms with van der Waals surface area (Å²) in [6, 6.07) is 12.0. The summed E-state index contributed by atoms with van der Waals surface area (Å²) in [5, 5.41) is 3.32. The molecule has 2 rings (SSSR count). The molecule has 25 heavy (non-hydrogen) atoms. The van der Waals surface area contributed by atoms with Gasteiger partial charge in [-0.25, -0.2) is 4.79 Å². The van der Waals surface area contributed by atoms with Crippen LogP contribution in [0.1, 0.15) is 39.9 Å². The average molecular weight is 341 g/mol. The normalized spacial score (nSPS) is 10.4. The van der Waals surface area contributed by atoms with Crippen molar-refractivity contribution >= 4 is 11.7 Å². The number of unbranched alkanes of at least 4 members (excludes halogenated alkanes) is 1. The van der Waals surface area contributed by atoms with Crippen molar-refractivity contribution < 1.29 is 14.3 Å². The summed E-state index contributed by atoms with van der Waals surface area (Å²) in [6.45, 7) is 7.57. The van der Waals surface area contributed by atoms with Gasteiger partial charge in [0.05, 0.1) is 19.3 Å². The third kappa shape index (κ3) is 5.82. The van der Waals surface area contributed by atoms with Crippen LogP contribution in [0.25, 0.3) is 0 Å². The topological polar surface area (TPSA) is 47.6 Å². The fourth-order valence-electron chi connectivity index (χ4n) is 2.75. The van der Waals surface area contributed by atoms with Crippen LogP contribution < -0.4 is 10.1 Å². The molecule has 0 atom stereocenters. The number of esters is 1. The smallest absolute Gasteiger partial charge is 0.339 e. The first-order valence-corrected chi connectivity index (χ1v) is 8.63. The molecule has 0 radical (unpaired) electrons. The maximum absolute atomic E-state index is 11.9. The van der Waals surface area contributed by atoms with Gasteiger partial charge in [-0.3, -0.25) is 0 Å². The van der Waals surface area contributed by atoms with E-state index in [9.17, 15) is 4.79 Å². The van der Waals surface area contributed by atoms with Crippen molar-refractivity contribution in [3.05, 3.63) is 58.7 Å². The van der Waals surface area contributed by atoms with Crippen LogP contribution in [0.4, 0.5) is 5.69 Å². The first-order valence-electron chi connectivity index (χ1n) is 8.63. The highest BCUT2D eigenvalue weighted by molar-refractivity contribution is 5.95. The highest BCUT2D eigenvalue weighted by Crippen LogP contribution is 2.19. The van der Waals surface area contributed by atoms with E-state index < -0.39 is 0 Å². The third-order valence-electron chi connectivity index (χ3n) is 3.93. The molecule has 0 fully saturated rings. The van der Waals surface area contributed by atoms with Crippen molar-refractivity contribution in [2.24, 2.45) is 0 Å². The number of methoxy groups -OCH3 is 1. The van der Waals surface area contributed by atoms with Gasteiger partial charge < -0.3 is 14.8 Å². The van der Waals surface area contributed by atoms with Gasteiger partial charge in [0.15, 0.2) is 0 Å². The second kappa shape index (κ2) is 9.11. The van der Waals surface area contributed by atoms with Crippen LogP contribution in [0.3, 0.4) is 0 Å². The zero-order valence-electron chi connectivity index (χ0n) is 15.5. The van der Waals surface area contributed by atoms with Crippen LogP contribution >= 0.6 is 0 Å². The van der Waals surface area contributed by atoms with Crippen LogP contribution in [0.15, 0.2) is 36.4 Å². The lowest BCUT2D eigenvalue weighted by Gasteiger charge is -2.12. The quantitative estimate of drug-likeness (QED) is 0.560. The molecule has 0 amide bonds. The van der Waals surface area contributed by atoms with E-state index in [0.29, 0.717) is 12.2 Å². The summed E-state index contributed by atoms with van der Waals surface area (Å²) in [5.41, 5.74) is 4.85. The zero-order chi connectivity index (χ0) is 18.2. The molecule has 1 N–H and O–H groups in total. The first kappa shape index (κ1) is 18.8. The van der Waals surface area contributed by atoms with Crippen LogP contribution in [0, 0.1) is 20.8 Å². The second-order valence-electron chi connectivity index (χ2n) is 6.35. The molecule has 4 nitrogen and oxygen atoms in total. The molecule has 0 bridgehead atoms. The molecule has 0 unspecified atom stereocenters. The first-order chi connectivity index (χ1) is 12.0. The Morgan fingerprint density at radius 1 is 0.960 bits per heavy atom. The van der Waals surface area contributed by atoms with E-state index in [1.165, 1.54) is 18.2 Å². The highest BCUT2D eigenvalue weighted by atomic mass is 16.5. The Morgan fingerprint density at radius 3 is 2.36 bits per heavy atom. The summed E-state index contributed by atoms with van der Waals surface area (Å²) in [5.74, 6) is 0.612. The number of benzene rings is 2. The van der Waals surface area contributed by atoms with E-state index >= 15 is 0 Å². The van der Waals surface area contributed by atoms with Crippen molar-refractivity contribution in [3.8, 4) is 5.75 Å². The second-order valence-corrected chi connectivity index (χ2v) is 6.35. The Bertz CT molecular complexity index is 705. The lowest BCUT2D eigenvalue weighted by Crippen LogP contribution is -2.10. The van der Waals surface area contributed by atoms with Gasteiger partial charge in [-0.05, 0) is 69.0 Å². The molecule has 0 saturated heterocycles. The van der Waals surface area contributed by atoms with Crippen LogP contribution in [-0.2, 0) is 4.74 Å². The maximum Gasteiger partial charge on any atom is 0.339 e. The van der Waals surface area contributed by atoms with E-state index in [0.717, 1.165) is 36.4 Å². The predicted molar refractivity (Wildman–Crippen MR) is 102 cm³/mol. The summed E-state index contributed by atoms with van der Waals surface area (Å²) < 4.78 is 10.7. The number of nitrogens with one attached hydrogen (secondary N) is 1. The molecule has 0 aliphatic carbocycles. The standard InChI is InChI=1S/C21H27NO3/c1-15-7-8-20(19(14-15)21(23)24-4)22-9-5-6-10-25-18-12-16(2)11-17(3)13-18/h7-8,11-14,22H,5-6,9-10H2,1-4H3. The summed E-state index contributed by atoms with van der Waals surface area (Å²) in [6.07, 6.45) is 1.90. The van der Waals surface area contributed by atoms with Gasteiger partial charge >= 0.3 is 5.97 Å². The minimum absolute atomic E-state index is 0.315. The Kier molecular flexibility index (Phi) is 6.87. The molecule has 2 aromatic rings. The summed E-state index contributed by atoms with van der Waals surface area (Å²) >= 11 is 0. The third-order valence-corrected chi connectivity index (χ3v) is 3.93. The van der Waals surface area contributed by atoms with E-state index in [1.807, 2.05) is 25.1 Å². The lowest BCUT2D eigenvalue weighted by atomic mass is 10.1. The van der Waals surface area contributed by atoms with Crippen molar-refractivity contribution in [2.45, 2.75) is 33.6 Å². The van der Waals surface area contributed by atoms with Gasteiger partial charge in [0.1, 0.15) is 5.75 Å². The molecule has 134 valence electrons. The number of ether oxygens (including phenoxy) is 2. The van der Waals surface area contributed by atoms with Gasteiger partial charge in [0.2, 0.25) is 0 Å². The van der Waals surface area contributed by atoms with Gasteiger partial charge in [0.25, 0.3) is 0 Å². The van der Waals surface area contributed by atoms with Crippen molar-refractivity contribution in [1.82, 2.24) is 0 Å². The SMILES string of the molecule is COC(=O)c1cc(C)ccc1NCCCCOc1cc(C)cc(C)c1. The Morgan fingerprint density at radius 2 is 1.68 bits per heavy atom. The molecular weight excluding hydrogens is 314 g/mol. The zero-order valence-corrected chi connectivity index (χ0v) is 15.5. The number of carbonyl (C=O) groups is 1. The van der Waals surface area contributed by atoms with Gasteiger partial charge in [-0.2, -0.15) is 0 Å².